The zero-order chi connectivity index (χ0) is 24.1. The fourth-order valence-corrected chi connectivity index (χ4v) is 5.73. The van der Waals surface area contributed by atoms with E-state index in [1.807, 2.05) is 0 Å². The van der Waals surface area contributed by atoms with Crippen molar-refractivity contribution in [1.29, 1.82) is 0 Å². The zero-order valence-corrected chi connectivity index (χ0v) is 19.4. The number of aromatic amines is 1. The van der Waals surface area contributed by atoms with Gasteiger partial charge in [-0.1, -0.05) is 0 Å². The third kappa shape index (κ3) is 6.76. The molecule has 1 fully saturated rings. The maximum absolute atomic E-state index is 11.9. The van der Waals surface area contributed by atoms with Crippen molar-refractivity contribution < 1.29 is 78.4 Å². The molecule has 3 rings (SSSR count). The van der Waals surface area contributed by atoms with Gasteiger partial charge in [0.1, 0.15) is 18.3 Å². The van der Waals surface area contributed by atoms with Crippen LogP contribution >= 0.6 is 23.5 Å². The van der Waals surface area contributed by atoms with E-state index < -0.39 is 60.2 Å². The first-order chi connectivity index (χ1) is 14.6. The fourth-order valence-electron chi connectivity index (χ4n) is 2.70. The summed E-state index contributed by atoms with van der Waals surface area (Å²) in [5.41, 5.74) is 4.50. The minimum atomic E-state index is -5.73. The number of aliphatic hydroxyl groups is 2. The third-order valence-corrected chi connectivity index (χ3v) is 7.68. The van der Waals surface area contributed by atoms with E-state index in [4.69, 9.17) is 25.2 Å². The molecule has 0 aromatic carbocycles. The number of phosphoric acid groups is 3. The molecule has 0 spiro atoms. The summed E-state index contributed by atoms with van der Waals surface area (Å²) < 4.78 is 51.6. The Labute approximate surface area is 192 Å². The zero-order valence-electron chi connectivity index (χ0n) is 15.7. The summed E-state index contributed by atoms with van der Waals surface area (Å²) in [4.78, 5) is 57.3. The van der Waals surface area contributed by atoms with E-state index in [0.717, 1.165) is 10.9 Å². The van der Waals surface area contributed by atoms with Crippen LogP contribution in [0.1, 0.15) is 6.23 Å². The molecule has 188 valence electrons. The molecular weight excluding hydrogens is 563 g/mol. The molecule has 19 nitrogen and oxygen atoms in total. The van der Waals surface area contributed by atoms with Crippen LogP contribution in [0.3, 0.4) is 0 Å². The van der Waals surface area contributed by atoms with Gasteiger partial charge in [0, 0.05) is 17.1 Å². The summed E-state index contributed by atoms with van der Waals surface area (Å²) in [6.45, 7) is -1.01. The summed E-state index contributed by atoms with van der Waals surface area (Å²) in [5.74, 6) is -0.276. The van der Waals surface area contributed by atoms with Crippen LogP contribution in [0.2, 0.25) is 0 Å². The molecular formula is C10H16FeN5O14P3. The van der Waals surface area contributed by atoms with Crippen molar-refractivity contribution in [3.05, 3.63) is 16.7 Å². The third-order valence-electron chi connectivity index (χ3n) is 3.88. The summed E-state index contributed by atoms with van der Waals surface area (Å²) in [5, 5.41) is 20.4. The number of ether oxygens (including phenoxy) is 1. The van der Waals surface area contributed by atoms with Crippen molar-refractivity contribution >= 4 is 40.6 Å². The average Bonchev–Trinajstić information content (AvgIpc) is 3.12. The van der Waals surface area contributed by atoms with Gasteiger partial charge >= 0.3 is 23.5 Å². The summed E-state index contributed by atoms with van der Waals surface area (Å²) in [6, 6.07) is 0. The molecule has 33 heavy (non-hydrogen) atoms. The first-order valence-corrected chi connectivity index (χ1v) is 12.6. The molecule has 2 aromatic rings. The SMILES string of the molecule is Nc1nc2c(ncn2[C@@H]2O[C@H](COP(=O)(O)OP(=O)(O)OP(=O)(O)O)[C@@H](O)[C@H]2O)c(=O)[nH]1.[Fe]. The number of phosphoric ester groups is 1. The molecule has 0 amide bonds. The smallest absolute Gasteiger partial charge is 0.387 e. The Bertz CT molecular complexity index is 1210. The molecule has 2 aromatic heterocycles. The van der Waals surface area contributed by atoms with E-state index >= 15 is 0 Å². The van der Waals surface area contributed by atoms with Crippen LogP contribution in [-0.2, 0) is 48.6 Å². The van der Waals surface area contributed by atoms with Gasteiger partial charge in [0.2, 0.25) is 5.95 Å². The Kier molecular flexibility index (Phi) is 8.47. The number of hydrogen-bond donors (Lipinski definition) is 8. The normalized spacial score (nSPS) is 27.1. The van der Waals surface area contributed by atoms with Crippen molar-refractivity contribution in [2.75, 3.05) is 12.3 Å². The van der Waals surface area contributed by atoms with Crippen molar-refractivity contribution in [2.45, 2.75) is 24.5 Å². The summed E-state index contributed by atoms with van der Waals surface area (Å²) in [6.07, 6.45) is -5.33. The molecule has 2 unspecified atom stereocenters. The molecule has 0 radical (unpaired) electrons. The Morgan fingerprint density at radius 2 is 1.76 bits per heavy atom. The van der Waals surface area contributed by atoms with Crippen molar-refractivity contribution in [3.8, 4) is 0 Å². The Morgan fingerprint density at radius 1 is 1.12 bits per heavy atom. The maximum atomic E-state index is 11.9. The Balaban J connectivity index is 0.00000385. The molecule has 9 N–H and O–H groups in total. The van der Waals surface area contributed by atoms with Gasteiger partial charge in [-0.3, -0.25) is 18.9 Å². The van der Waals surface area contributed by atoms with Gasteiger partial charge in [0.05, 0.1) is 12.9 Å². The largest absolute Gasteiger partial charge is 0.490 e. The van der Waals surface area contributed by atoms with Gasteiger partial charge in [-0.15, -0.1) is 0 Å². The molecule has 3 heterocycles. The topological polar surface area (TPSA) is 299 Å². The number of hydrogen-bond acceptors (Lipinski definition) is 13. The minimum absolute atomic E-state index is 0. The van der Waals surface area contributed by atoms with Gasteiger partial charge in [0.25, 0.3) is 5.56 Å². The van der Waals surface area contributed by atoms with Gasteiger partial charge in [-0.05, 0) is 0 Å². The molecule has 1 aliphatic rings. The van der Waals surface area contributed by atoms with Gasteiger partial charge in [-0.2, -0.15) is 13.6 Å². The van der Waals surface area contributed by atoms with Crippen LogP contribution in [-0.4, -0.2) is 74.2 Å². The van der Waals surface area contributed by atoms with Gasteiger partial charge in [0.15, 0.2) is 17.4 Å². The fraction of sp³-hybridized carbons (Fsp3) is 0.500. The second-order valence-corrected chi connectivity index (χ2v) is 10.6. The summed E-state index contributed by atoms with van der Waals surface area (Å²) >= 11 is 0. The number of nitrogens with one attached hydrogen (secondary N) is 1. The quantitative estimate of drug-likeness (QED) is 0.120. The number of nitrogens with two attached hydrogens (primary N) is 1. The predicted octanol–water partition coefficient (Wildman–Crippen LogP) is -2.34. The second kappa shape index (κ2) is 9.91. The van der Waals surface area contributed by atoms with Crippen molar-refractivity contribution in [1.82, 2.24) is 19.5 Å². The van der Waals surface area contributed by atoms with Gasteiger partial charge in [-0.25, -0.2) is 18.7 Å². The number of aromatic nitrogens is 4. The van der Waals surface area contributed by atoms with E-state index in [9.17, 15) is 33.6 Å². The van der Waals surface area contributed by atoms with E-state index in [0.29, 0.717) is 0 Å². The van der Waals surface area contributed by atoms with Crippen LogP contribution in [0.5, 0.6) is 0 Å². The van der Waals surface area contributed by atoms with Crippen molar-refractivity contribution in [2.24, 2.45) is 0 Å². The van der Waals surface area contributed by atoms with Crippen LogP contribution in [0, 0.1) is 0 Å². The van der Waals surface area contributed by atoms with Crippen LogP contribution in [0.15, 0.2) is 11.1 Å². The Morgan fingerprint density at radius 3 is 2.36 bits per heavy atom. The number of nitrogens with zero attached hydrogens (tertiary/aromatic N) is 3. The molecule has 0 aliphatic carbocycles. The predicted molar refractivity (Wildman–Crippen MR) is 98.3 cm³/mol. The van der Waals surface area contributed by atoms with E-state index in [2.05, 4.69) is 28.1 Å². The number of fused-ring (bicyclic) bond motifs is 1. The monoisotopic (exact) mass is 579 g/mol. The Hall–Kier alpha value is -1.04. The number of nitrogen functional groups attached to an aromatic ring is 1. The van der Waals surface area contributed by atoms with Crippen LogP contribution in [0.25, 0.3) is 11.2 Å². The first kappa shape index (κ1) is 28.2. The second-order valence-electron chi connectivity index (χ2n) is 6.21. The van der Waals surface area contributed by atoms with Crippen LogP contribution in [0.4, 0.5) is 5.95 Å². The van der Waals surface area contributed by atoms with Gasteiger partial charge < -0.3 is 40.3 Å². The number of imidazole rings is 1. The van der Waals surface area contributed by atoms with E-state index in [1.54, 1.807) is 0 Å². The molecule has 1 saturated heterocycles. The standard InChI is InChI=1S/C10H16N5O14P3.Fe/c11-10-13-7-4(8(18)14-10)12-2-15(7)9-6(17)5(16)3(27-9)1-26-31(22,23)29-32(24,25)28-30(19,20)21;/h2-3,5-6,9,16-17H,1H2,(H,22,23)(H,24,25)(H2,19,20,21)(H3,11,13,14,18);/t3-,5-,6-,9-;/m1./s1. The number of H-pyrrole nitrogens is 1. The maximum Gasteiger partial charge on any atom is 0.490 e. The summed E-state index contributed by atoms with van der Waals surface area (Å²) in [7, 11) is -16.8. The number of aliphatic hydroxyl groups excluding tert-OH is 2. The number of rotatable bonds is 8. The first-order valence-electron chi connectivity index (χ1n) is 8.11. The minimum Gasteiger partial charge on any atom is -0.387 e. The van der Waals surface area contributed by atoms with E-state index in [-0.39, 0.29) is 34.2 Å². The molecule has 6 atom stereocenters. The average molecular weight is 579 g/mol. The molecule has 0 bridgehead atoms. The molecule has 1 aliphatic heterocycles. The van der Waals surface area contributed by atoms with Crippen LogP contribution < -0.4 is 11.3 Å². The molecule has 23 heteroatoms. The number of anilines is 1. The van der Waals surface area contributed by atoms with E-state index in [1.165, 1.54) is 0 Å². The molecule has 0 saturated carbocycles. The van der Waals surface area contributed by atoms with Crippen molar-refractivity contribution in [3.63, 3.8) is 0 Å².